The summed E-state index contributed by atoms with van der Waals surface area (Å²) in [5, 5.41) is 20.5. The van der Waals surface area contributed by atoms with Crippen molar-refractivity contribution in [2.75, 3.05) is 0 Å². The third-order valence-corrected chi connectivity index (χ3v) is 2.27. The van der Waals surface area contributed by atoms with Crippen molar-refractivity contribution in [1.82, 2.24) is 0 Å². The SMILES string of the molecule is Oc1cccc2c(Cl)ccc(O)c12. The van der Waals surface area contributed by atoms with Gasteiger partial charge in [-0.1, -0.05) is 23.7 Å². The van der Waals surface area contributed by atoms with Crippen LogP contribution in [0.5, 0.6) is 11.5 Å². The van der Waals surface area contributed by atoms with E-state index >= 15 is 0 Å². The van der Waals surface area contributed by atoms with E-state index in [-0.39, 0.29) is 11.5 Å². The quantitative estimate of drug-likeness (QED) is 0.677. The Morgan fingerprint density at radius 1 is 0.923 bits per heavy atom. The van der Waals surface area contributed by atoms with Crippen LogP contribution in [0.15, 0.2) is 30.3 Å². The molecule has 0 heterocycles. The summed E-state index contributed by atoms with van der Waals surface area (Å²) < 4.78 is 0. The van der Waals surface area contributed by atoms with Crippen molar-refractivity contribution in [3.8, 4) is 11.5 Å². The van der Waals surface area contributed by atoms with Crippen LogP contribution in [-0.4, -0.2) is 10.2 Å². The molecule has 0 amide bonds. The van der Waals surface area contributed by atoms with Crippen LogP contribution < -0.4 is 0 Å². The number of phenolic OH excluding ortho intramolecular Hbond substituents is 2. The summed E-state index contributed by atoms with van der Waals surface area (Å²) in [4.78, 5) is 0. The van der Waals surface area contributed by atoms with Crippen LogP contribution in [-0.2, 0) is 0 Å². The number of phenols is 2. The van der Waals surface area contributed by atoms with Crippen molar-refractivity contribution in [2.24, 2.45) is 0 Å². The highest BCUT2D eigenvalue weighted by molar-refractivity contribution is 6.36. The van der Waals surface area contributed by atoms with Crippen molar-refractivity contribution in [2.45, 2.75) is 0 Å². The lowest BCUT2D eigenvalue weighted by molar-refractivity contribution is 0.464. The normalized spacial score (nSPS) is 10.5. The first-order valence-electron chi connectivity index (χ1n) is 3.79. The maximum absolute atomic E-state index is 9.46. The molecule has 0 saturated carbocycles. The Balaban J connectivity index is 3.00. The minimum Gasteiger partial charge on any atom is -0.507 e. The molecule has 13 heavy (non-hydrogen) atoms. The lowest BCUT2D eigenvalue weighted by Gasteiger charge is -2.04. The van der Waals surface area contributed by atoms with E-state index in [9.17, 15) is 10.2 Å². The van der Waals surface area contributed by atoms with E-state index in [1.165, 1.54) is 12.1 Å². The van der Waals surface area contributed by atoms with Crippen molar-refractivity contribution >= 4 is 22.4 Å². The largest absolute Gasteiger partial charge is 0.507 e. The molecule has 0 bridgehead atoms. The van der Waals surface area contributed by atoms with Gasteiger partial charge in [-0.15, -0.1) is 0 Å². The second kappa shape index (κ2) is 2.82. The highest BCUT2D eigenvalue weighted by atomic mass is 35.5. The molecule has 2 nitrogen and oxygen atoms in total. The van der Waals surface area contributed by atoms with Crippen molar-refractivity contribution in [1.29, 1.82) is 0 Å². The molecule has 0 saturated heterocycles. The summed E-state index contributed by atoms with van der Waals surface area (Å²) in [6.07, 6.45) is 0. The van der Waals surface area contributed by atoms with Gasteiger partial charge in [0.25, 0.3) is 0 Å². The molecule has 2 aromatic rings. The molecule has 3 heteroatoms. The van der Waals surface area contributed by atoms with Crippen LogP contribution in [0, 0.1) is 0 Å². The molecule has 2 aromatic carbocycles. The van der Waals surface area contributed by atoms with Gasteiger partial charge in [0.05, 0.1) is 5.39 Å². The van der Waals surface area contributed by atoms with Gasteiger partial charge in [0.1, 0.15) is 11.5 Å². The highest BCUT2D eigenvalue weighted by Crippen LogP contribution is 2.36. The van der Waals surface area contributed by atoms with Gasteiger partial charge < -0.3 is 10.2 Å². The van der Waals surface area contributed by atoms with E-state index in [0.29, 0.717) is 15.8 Å². The summed E-state index contributed by atoms with van der Waals surface area (Å²) >= 11 is 5.88. The molecule has 66 valence electrons. The second-order valence-corrected chi connectivity index (χ2v) is 3.17. The van der Waals surface area contributed by atoms with Gasteiger partial charge in [0.2, 0.25) is 0 Å². The zero-order valence-corrected chi connectivity index (χ0v) is 7.42. The van der Waals surface area contributed by atoms with Gasteiger partial charge >= 0.3 is 0 Å². The topological polar surface area (TPSA) is 40.5 Å². The predicted molar refractivity (Wildman–Crippen MR) is 52.3 cm³/mol. The summed E-state index contributed by atoms with van der Waals surface area (Å²) in [6.45, 7) is 0. The van der Waals surface area contributed by atoms with Gasteiger partial charge in [-0.05, 0) is 18.2 Å². The number of hydrogen-bond donors (Lipinski definition) is 2. The molecule has 0 fully saturated rings. The Labute approximate surface area is 80.0 Å². The van der Waals surface area contributed by atoms with Crippen molar-refractivity contribution in [3.05, 3.63) is 35.4 Å². The Morgan fingerprint density at radius 3 is 2.31 bits per heavy atom. The number of rotatable bonds is 0. The molecule has 0 spiro atoms. The summed E-state index contributed by atoms with van der Waals surface area (Å²) in [7, 11) is 0. The third-order valence-electron chi connectivity index (χ3n) is 1.94. The van der Waals surface area contributed by atoms with Crippen LogP contribution in [0.4, 0.5) is 0 Å². The minimum absolute atomic E-state index is 0.0394. The van der Waals surface area contributed by atoms with Crippen LogP contribution in [0.2, 0.25) is 5.02 Å². The Bertz CT molecular complexity index is 457. The molecule has 0 radical (unpaired) electrons. The lowest BCUT2D eigenvalue weighted by atomic mass is 10.1. The standard InChI is InChI=1S/C10H7ClO2/c11-7-4-5-9(13)10-6(7)2-1-3-8(10)12/h1-5,12-13H. The van der Waals surface area contributed by atoms with Gasteiger partial charge in [0.15, 0.2) is 0 Å². The zero-order chi connectivity index (χ0) is 9.42. The number of hydrogen-bond acceptors (Lipinski definition) is 2. The van der Waals surface area contributed by atoms with Crippen molar-refractivity contribution < 1.29 is 10.2 Å². The van der Waals surface area contributed by atoms with Gasteiger partial charge in [-0.2, -0.15) is 0 Å². The summed E-state index contributed by atoms with van der Waals surface area (Å²) in [5.74, 6) is 0.0787. The summed E-state index contributed by atoms with van der Waals surface area (Å²) in [6, 6.07) is 8.00. The number of halogens is 1. The molecule has 0 aromatic heterocycles. The summed E-state index contributed by atoms with van der Waals surface area (Å²) in [5.41, 5.74) is 0. The number of aromatic hydroxyl groups is 2. The average molecular weight is 195 g/mol. The molecular weight excluding hydrogens is 188 g/mol. The molecule has 0 aliphatic heterocycles. The molecule has 0 aliphatic rings. The molecule has 0 unspecified atom stereocenters. The van der Waals surface area contributed by atoms with E-state index in [4.69, 9.17) is 11.6 Å². The Morgan fingerprint density at radius 2 is 1.62 bits per heavy atom. The second-order valence-electron chi connectivity index (χ2n) is 2.77. The Hall–Kier alpha value is -1.41. The van der Waals surface area contributed by atoms with E-state index in [0.717, 1.165) is 0 Å². The molecule has 0 aliphatic carbocycles. The van der Waals surface area contributed by atoms with Gasteiger partial charge in [0, 0.05) is 10.4 Å². The van der Waals surface area contributed by atoms with Crippen LogP contribution >= 0.6 is 11.6 Å². The average Bonchev–Trinajstić information content (AvgIpc) is 2.12. The number of fused-ring (bicyclic) bond motifs is 1. The third kappa shape index (κ3) is 1.19. The number of benzene rings is 2. The van der Waals surface area contributed by atoms with Gasteiger partial charge in [-0.25, -0.2) is 0 Å². The minimum atomic E-state index is 0.0394. The van der Waals surface area contributed by atoms with Crippen LogP contribution in [0.1, 0.15) is 0 Å². The van der Waals surface area contributed by atoms with Crippen LogP contribution in [0.3, 0.4) is 0 Å². The smallest absolute Gasteiger partial charge is 0.127 e. The fourth-order valence-electron chi connectivity index (χ4n) is 1.33. The van der Waals surface area contributed by atoms with E-state index in [2.05, 4.69) is 0 Å². The monoisotopic (exact) mass is 194 g/mol. The Kier molecular flexibility index (Phi) is 1.78. The van der Waals surface area contributed by atoms with E-state index in [1.54, 1.807) is 18.2 Å². The maximum atomic E-state index is 9.46. The predicted octanol–water partition coefficient (Wildman–Crippen LogP) is 2.90. The maximum Gasteiger partial charge on any atom is 0.127 e. The molecule has 2 N–H and O–H groups in total. The first kappa shape index (κ1) is 8.20. The van der Waals surface area contributed by atoms with E-state index in [1.807, 2.05) is 0 Å². The fraction of sp³-hybridized carbons (Fsp3) is 0. The molecule has 2 rings (SSSR count). The van der Waals surface area contributed by atoms with E-state index < -0.39 is 0 Å². The zero-order valence-electron chi connectivity index (χ0n) is 6.66. The molecule has 0 atom stereocenters. The van der Waals surface area contributed by atoms with Crippen molar-refractivity contribution in [3.63, 3.8) is 0 Å². The fourth-order valence-corrected chi connectivity index (χ4v) is 1.55. The van der Waals surface area contributed by atoms with Gasteiger partial charge in [-0.3, -0.25) is 0 Å². The first-order valence-corrected chi connectivity index (χ1v) is 4.17. The lowest BCUT2D eigenvalue weighted by Crippen LogP contribution is -1.76. The highest BCUT2D eigenvalue weighted by Gasteiger charge is 2.06. The molecular formula is C10H7ClO2. The van der Waals surface area contributed by atoms with Crippen LogP contribution in [0.25, 0.3) is 10.8 Å². The first-order chi connectivity index (χ1) is 6.20.